The van der Waals surface area contributed by atoms with Gasteiger partial charge in [0.1, 0.15) is 5.01 Å². The minimum Gasteiger partial charge on any atom is -0.293 e. The number of hydrogen-bond donors (Lipinski definition) is 0. The highest BCUT2D eigenvalue weighted by molar-refractivity contribution is 7.13. The van der Waals surface area contributed by atoms with Crippen LogP contribution in [-0.4, -0.2) is 14.5 Å². The number of rotatable bonds is 3. The number of halogens is 3. The Morgan fingerprint density at radius 2 is 1.78 bits per heavy atom. The van der Waals surface area contributed by atoms with Crippen molar-refractivity contribution in [1.29, 1.82) is 0 Å². The number of para-hydroxylation sites is 1. The van der Waals surface area contributed by atoms with Crippen molar-refractivity contribution >= 4 is 22.2 Å². The predicted molar refractivity (Wildman–Crippen MR) is 97.7 cm³/mol. The van der Waals surface area contributed by atoms with E-state index in [4.69, 9.17) is 0 Å². The lowest BCUT2D eigenvalue weighted by molar-refractivity contribution is -0.137. The standard InChI is InChI=1S/C19H12F3N3OS/c20-19(21,22)13-7-5-12(6-8-13)17-24-14(10-27-17)9-25-11-23-16-4-2-1-3-15(16)18(25)26/h1-8,10-11H,9H2. The Morgan fingerprint density at radius 1 is 1.04 bits per heavy atom. The molecule has 0 saturated heterocycles. The topological polar surface area (TPSA) is 47.8 Å². The molecule has 4 nitrogen and oxygen atoms in total. The molecular weight excluding hydrogens is 375 g/mol. The fraction of sp³-hybridized carbons (Fsp3) is 0.105. The Balaban J connectivity index is 1.60. The highest BCUT2D eigenvalue weighted by Gasteiger charge is 2.30. The van der Waals surface area contributed by atoms with Crippen molar-refractivity contribution in [2.24, 2.45) is 0 Å². The van der Waals surface area contributed by atoms with Crippen molar-refractivity contribution in [2.45, 2.75) is 12.7 Å². The summed E-state index contributed by atoms with van der Waals surface area (Å²) >= 11 is 1.32. The lowest BCUT2D eigenvalue weighted by Gasteiger charge is -2.06. The van der Waals surface area contributed by atoms with E-state index in [9.17, 15) is 18.0 Å². The number of alkyl halides is 3. The third kappa shape index (κ3) is 3.48. The first-order chi connectivity index (χ1) is 12.9. The lowest BCUT2D eigenvalue weighted by atomic mass is 10.1. The zero-order chi connectivity index (χ0) is 19.0. The Hall–Kier alpha value is -3.00. The average Bonchev–Trinajstić information content (AvgIpc) is 3.12. The van der Waals surface area contributed by atoms with Crippen molar-refractivity contribution in [3.05, 3.63) is 81.8 Å². The molecule has 0 aliphatic rings. The van der Waals surface area contributed by atoms with Crippen LogP contribution in [0.4, 0.5) is 13.2 Å². The number of fused-ring (bicyclic) bond motifs is 1. The second kappa shape index (κ2) is 6.62. The van der Waals surface area contributed by atoms with Crippen molar-refractivity contribution in [1.82, 2.24) is 14.5 Å². The van der Waals surface area contributed by atoms with Crippen LogP contribution in [0.5, 0.6) is 0 Å². The summed E-state index contributed by atoms with van der Waals surface area (Å²) in [5, 5.41) is 2.91. The highest BCUT2D eigenvalue weighted by Crippen LogP contribution is 2.31. The maximum atomic E-state index is 12.7. The Morgan fingerprint density at radius 3 is 2.52 bits per heavy atom. The molecule has 0 aliphatic carbocycles. The van der Waals surface area contributed by atoms with Gasteiger partial charge in [0.25, 0.3) is 5.56 Å². The SMILES string of the molecule is O=c1c2ccccc2ncn1Cc1csc(-c2ccc(C(F)(F)F)cc2)n1. The zero-order valence-corrected chi connectivity index (χ0v) is 14.6. The molecule has 27 heavy (non-hydrogen) atoms. The fourth-order valence-corrected chi connectivity index (χ4v) is 3.52. The van der Waals surface area contributed by atoms with Crippen LogP contribution in [0.3, 0.4) is 0 Å². The molecule has 2 aromatic carbocycles. The minimum atomic E-state index is -4.36. The van der Waals surface area contributed by atoms with Gasteiger partial charge in [0.15, 0.2) is 0 Å². The molecule has 0 saturated carbocycles. The summed E-state index contributed by atoms with van der Waals surface area (Å²) in [4.78, 5) is 21.2. The summed E-state index contributed by atoms with van der Waals surface area (Å²) in [5.41, 5.74) is 1.02. The third-order valence-corrected chi connectivity index (χ3v) is 5.01. The van der Waals surface area contributed by atoms with Gasteiger partial charge in [0, 0.05) is 10.9 Å². The molecule has 136 valence electrons. The molecule has 8 heteroatoms. The van der Waals surface area contributed by atoms with Crippen LogP contribution < -0.4 is 5.56 Å². The summed E-state index contributed by atoms with van der Waals surface area (Å²) < 4.78 is 39.5. The van der Waals surface area contributed by atoms with Gasteiger partial charge in [-0.25, -0.2) is 9.97 Å². The molecule has 0 spiro atoms. The molecule has 0 unspecified atom stereocenters. The Labute approximate surface area is 155 Å². The average molecular weight is 387 g/mol. The first-order valence-electron chi connectivity index (χ1n) is 7.98. The molecule has 0 fully saturated rings. The van der Waals surface area contributed by atoms with Crippen LogP contribution in [0.1, 0.15) is 11.3 Å². The summed E-state index contributed by atoms with van der Waals surface area (Å²) in [6, 6.07) is 12.0. The molecule has 2 aromatic heterocycles. The van der Waals surface area contributed by atoms with Crippen molar-refractivity contribution in [2.75, 3.05) is 0 Å². The van der Waals surface area contributed by atoms with E-state index in [2.05, 4.69) is 9.97 Å². The molecule has 0 bridgehead atoms. The molecule has 4 rings (SSSR count). The van der Waals surface area contributed by atoms with Gasteiger partial charge in [-0.1, -0.05) is 24.3 Å². The van der Waals surface area contributed by atoms with E-state index in [1.807, 2.05) is 6.07 Å². The van der Waals surface area contributed by atoms with E-state index in [1.54, 1.807) is 23.6 Å². The fourth-order valence-electron chi connectivity index (χ4n) is 2.71. The highest BCUT2D eigenvalue weighted by atomic mass is 32.1. The first kappa shape index (κ1) is 17.4. The molecule has 0 N–H and O–H groups in total. The van der Waals surface area contributed by atoms with Crippen molar-refractivity contribution < 1.29 is 13.2 Å². The van der Waals surface area contributed by atoms with Gasteiger partial charge in [-0.2, -0.15) is 13.2 Å². The number of thiazole rings is 1. The van der Waals surface area contributed by atoms with Crippen molar-refractivity contribution in [3.63, 3.8) is 0 Å². The number of nitrogens with zero attached hydrogens (tertiary/aromatic N) is 3. The van der Waals surface area contributed by atoms with E-state index in [0.717, 1.165) is 12.1 Å². The smallest absolute Gasteiger partial charge is 0.293 e. The van der Waals surface area contributed by atoms with E-state index < -0.39 is 11.7 Å². The van der Waals surface area contributed by atoms with E-state index in [0.29, 0.717) is 27.2 Å². The summed E-state index contributed by atoms with van der Waals surface area (Å²) in [5.74, 6) is 0. The molecule has 0 amide bonds. The second-order valence-electron chi connectivity index (χ2n) is 5.91. The summed E-state index contributed by atoms with van der Waals surface area (Å²) in [7, 11) is 0. The van der Waals surface area contributed by atoms with Crippen LogP contribution in [0.15, 0.2) is 65.0 Å². The van der Waals surface area contributed by atoms with E-state index in [-0.39, 0.29) is 12.1 Å². The van der Waals surface area contributed by atoms with Crippen LogP contribution in [0.2, 0.25) is 0 Å². The van der Waals surface area contributed by atoms with Gasteiger partial charge in [-0.3, -0.25) is 9.36 Å². The molecular formula is C19H12F3N3OS. The molecule has 0 aliphatic heterocycles. The van der Waals surface area contributed by atoms with Crippen LogP contribution in [-0.2, 0) is 12.7 Å². The maximum absolute atomic E-state index is 12.7. The normalized spacial score (nSPS) is 11.8. The minimum absolute atomic E-state index is 0.162. The Kier molecular flexibility index (Phi) is 4.27. The second-order valence-corrected chi connectivity index (χ2v) is 6.77. The molecule has 2 heterocycles. The monoisotopic (exact) mass is 387 g/mol. The third-order valence-electron chi connectivity index (χ3n) is 4.07. The van der Waals surface area contributed by atoms with Gasteiger partial charge in [-0.05, 0) is 24.3 Å². The molecule has 4 aromatic rings. The Bertz CT molecular complexity index is 1160. The first-order valence-corrected chi connectivity index (χ1v) is 8.86. The predicted octanol–water partition coefficient (Wildman–Crippen LogP) is 4.59. The zero-order valence-electron chi connectivity index (χ0n) is 13.8. The van der Waals surface area contributed by atoms with E-state index >= 15 is 0 Å². The van der Waals surface area contributed by atoms with Crippen LogP contribution in [0, 0.1) is 0 Å². The van der Waals surface area contributed by atoms with Crippen LogP contribution in [0.25, 0.3) is 21.5 Å². The summed E-state index contributed by atoms with van der Waals surface area (Å²) in [6.07, 6.45) is -2.89. The number of aromatic nitrogens is 3. The van der Waals surface area contributed by atoms with E-state index in [1.165, 1.54) is 34.4 Å². The van der Waals surface area contributed by atoms with Gasteiger partial charge >= 0.3 is 6.18 Å². The van der Waals surface area contributed by atoms with Gasteiger partial charge in [0.05, 0.1) is 35.0 Å². The largest absolute Gasteiger partial charge is 0.416 e. The maximum Gasteiger partial charge on any atom is 0.416 e. The quantitative estimate of drug-likeness (QED) is 0.517. The van der Waals surface area contributed by atoms with Gasteiger partial charge < -0.3 is 0 Å². The van der Waals surface area contributed by atoms with Gasteiger partial charge in [-0.15, -0.1) is 11.3 Å². The number of benzene rings is 2. The summed E-state index contributed by atoms with van der Waals surface area (Å²) in [6.45, 7) is 0.244. The molecule has 0 atom stereocenters. The van der Waals surface area contributed by atoms with Crippen LogP contribution >= 0.6 is 11.3 Å². The van der Waals surface area contributed by atoms with Gasteiger partial charge in [0.2, 0.25) is 0 Å². The van der Waals surface area contributed by atoms with Crippen molar-refractivity contribution in [3.8, 4) is 10.6 Å². The number of hydrogen-bond acceptors (Lipinski definition) is 4. The lowest BCUT2D eigenvalue weighted by Crippen LogP contribution is -2.21. The molecule has 0 radical (unpaired) electrons.